The van der Waals surface area contributed by atoms with E-state index in [0.717, 1.165) is 19.3 Å². The van der Waals surface area contributed by atoms with Crippen molar-refractivity contribution in [2.75, 3.05) is 6.61 Å². The van der Waals surface area contributed by atoms with Gasteiger partial charge in [-0.05, 0) is 26.7 Å². The van der Waals surface area contributed by atoms with Crippen molar-refractivity contribution in [3.05, 3.63) is 0 Å². The Hall–Kier alpha value is -0.570. The first kappa shape index (κ1) is 10.5. The van der Waals surface area contributed by atoms with Crippen LogP contribution in [0.4, 0.5) is 0 Å². The van der Waals surface area contributed by atoms with Gasteiger partial charge in [-0.25, -0.2) is 0 Å². The standard InChI is InChI=1S/C10H18O3/c1-8(2)13-7-10(4-3-5-10)6-9(11)12/h8H,3-7H2,1-2H3,(H,11,12). The smallest absolute Gasteiger partial charge is 0.303 e. The van der Waals surface area contributed by atoms with Crippen LogP contribution in [0.5, 0.6) is 0 Å². The van der Waals surface area contributed by atoms with Crippen LogP contribution in [-0.2, 0) is 9.53 Å². The van der Waals surface area contributed by atoms with Gasteiger partial charge in [-0.15, -0.1) is 0 Å². The SMILES string of the molecule is CC(C)OCC1(CC(=O)O)CCC1. The topological polar surface area (TPSA) is 46.5 Å². The summed E-state index contributed by atoms with van der Waals surface area (Å²) in [5.74, 6) is -0.702. The van der Waals surface area contributed by atoms with Crippen molar-refractivity contribution < 1.29 is 14.6 Å². The van der Waals surface area contributed by atoms with E-state index in [2.05, 4.69) is 0 Å². The minimum absolute atomic E-state index is 0.0455. The fraction of sp³-hybridized carbons (Fsp3) is 0.900. The molecule has 3 heteroatoms. The van der Waals surface area contributed by atoms with Crippen LogP contribution in [0, 0.1) is 5.41 Å². The maximum absolute atomic E-state index is 10.6. The molecule has 1 aliphatic rings. The molecular formula is C10H18O3. The molecule has 0 bridgehead atoms. The minimum atomic E-state index is -0.702. The van der Waals surface area contributed by atoms with Gasteiger partial charge >= 0.3 is 5.97 Å². The predicted octanol–water partition coefficient (Wildman–Crippen LogP) is 2.06. The van der Waals surface area contributed by atoms with Gasteiger partial charge in [0.1, 0.15) is 0 Å². The van der Waals surface area contributed by atoms with E-state index in [-0.39, 0.29) is 17.9 Å². The molecule has 1 aliphatic carbocycles. The summed E-state index contributed by atoms with van der Waals surface area (Å²) in [4.78, 5) is 10.6. The molecule has 0 aliphatic heterocycles. The lowest BCUT2D eigenvalue weighted by Crippen LogP contribution is -2.37. The van der Waals surface area contributed by atoms with E-state index in [1.54, 1.807) is 0 Å². The van der Waals surface area contributed by atoms with E-state index in [0.29, 0.717) is 6.61 Å². The summed E-state index contributed by atoms with van der Waals surface area (Å²) >= 11 is 0. The van der Waals surface area contributed by atoms with Crippen molar-refractivity contribution >= 4 is 5.97 Å². The monoisotopic (exact) mass is 186 g/mol. The Bertz CT molecular complexity index is 183. The molecule has 0 aromatic rings. The molecule has 0 heterocycles. The molecular weight excluding hydrogens is 168 g/mol. The third kappa shape index (κ3) is 2.99. The highest BCUT2D eigenvalue weighted by atomic mass is 16.5. The average Bonchev–Trinajstić information content (AvgIpc) is 1.93. The van der Waals surface area contributed by atoms with E-state index in [1.165, 1.54) is 0 Å². The summed E-state index contributed by atoms with van der Waals surface area (Å²) in [6.45, 7) is 4.57. The molecule has 0 atom stereocenters. The zero-order valence-corrected chi connectivity index (χ0v) is 8.38. The van der Waals surface area contributed by atoms with Gasteiger partial charge in [0.05, 0.1) is 19.1 Å². The Kier molecular flexibility index (Phi) is 3.31. The molecule has 0 unspecified atom stereocenters. The highest BCUT2D eigenvalue weighted by Crippen LogP contribution is 2.44. The highest BCUT2D eigenvalue weighted by molar-refractivity contribution is 5.67. The lowest BCUT2D eigenvalue weighted by molar-refractivity contribution is -0.144. The molecule has 1 saturated carbocycles. The normalized spacial score (nSPS) is 19.9. The van der Waals surface area contributed by atoms with Gasteiger partial charge in [0.25, 0.3) is 0 Å². The molecule has 1 N–H and O–H groups in total. The number of ether oxygens (including phenoxy) is 1. The van der Waals surface area contributed by atoms with E-state index in [1.807, 2.05) is 13.8 Å². The lowest BCUT2D eigenvalue weighted by Gasteiger charge is -2.40. The van der Waals surface area contributed by atoms with Gasteiger partial charge in [-0.1, -0.05) is 6.42 Å². The van der Waals surface area contributed by atoms with E-state index >= 15 is 0 Å². The molecule has 0 saturated heterocycles. The van der Waals surface area contributed by atoms with Crippen LogP contribution in [-0.4, -0.2) is 23.8 Å². The molecule has 0 radical (unpaired) electrons. The van der Waals surface area contributed by atoms with E-state index in [9.17, 15) is 4.79 Å². The van der Waals surface area contributed by atoms with Gasteiger partial charge in [-0.2, -0.15) is 0 Å². The lowest BCUT2D eigenvalue weighted by atomic mass is 9.67. The molecule has 0 aromatic carbocycles. The number of carboxylic acid groups (broad SMARTS) is 1. The van der Waals surface area contributed by atoms with Crippen molar-refractivity contribution in [1.29, 1.82) is 0 Å². The molecule has 13 heavy (non-hydrogen) atoms. The van der Waals surface area contributed by atoms with Crippen molar-refractivity contribution in [3.63, 3.8) is 0 Å². The largest absolute Gasteiger partial charge is 0.481 e. The molecule has 0 aromatic heterocycles. The maximum Gasteiger partial charge on any atom is 0.303 e. The molecule has 3 nitrogen and oxygen atoms in total. The molecule has 0 amide bonds. The van der Waals surface area contributed by atoms with Crippen molar-refractivity contribution in [2.24, 2.45) is 5.41 Å². The molecule has 76 valence electrons. The van der Waals surface area contributed by atoms with Crippen molar-refractivity contribution in [2.45, 2.75) is 45.6 Å². The second kappa shape index (κ2) is 4.09. The van der Waals surface area contributed by atoms with Crippen LogP contribution < -0.4 is 0 Å². The van der Waals surface area contributed by atoms with Crippen LogP contribution in [0.15, 0.2) is 0 Å². The van der Waals surface area contributed by atoms with Crippen LogP contribution >= 0.6 is 0 Å². The Morgan fingerprint density at radius 3 is 2.46 bits per heavy atom. The number of carbonyl (C=O) groups is 1. The Morgan fingerprint density at radius 2 is 2.15 bits per heavy atom. The van der Waals surface area contributed by atoms with Gasteiger partial charge in [0.2, 0.25) is 0 Å². The minimum Gasteiger partial charge on any atom is -0.481 e. The highest BCUT2D eigenvalue weighted by Gasteiger charge is 2.39. The van der Waals surface area contributed by atoms with Crippen LogP contribution in [0.3, 0.4) is 0 Å². The first-order chi connectivity index (χ1) is 6.04. The van der Waals surface area contributed by atoms with Gasteiger partial charge in [-0.3, -0.25) is 4.79 Å². The summed E-state index contributed by atoms with van der Waals surface area (Å²) in [6, 6.07) is 0. The third-order valence-corrected chi connectivity index (χ3v) is 2.66. The summed E-state index contributed by atoms with van der Waals surface area (Å²) < 4.78 is 5.49. The summed E-state index contributed by atoms with van der Waals surface area (Å²) in [6.07, 6.45) is 3.62. The average molecular weight is 186 g/mol. The van der Waals surface area contributed by atoms with Crippen LogP contribution in [0.25, 0.3) is 0 Å². The second-order valence-electron chi connectivity index (χ2n) is 4.28. The number of aliphatic carboxylic acids is 1. The zero-order chi connectivity index (χ0) is 9.90. The Labute approximate surface area is 79.1 Å². The number of carboxylic acids is 1. The number of hydrogen-bond donors (Lipinski definition) is 1. The maximum atomic E-state index is 10.6. The summed E-state index contributed by atoms with van der Waals surface area (Å²) in [7, 11) is 0. The van der Waals surface area contributed by atoms with E-state index in [4.69, 9.17) is 9.84 Å². The first-order valence-electron chi connectivity index (χ1n) is 4.87. The van der Waals surface area contributed by atoms with Crippen LogP contribution in [0.1, 0.15) is 39.5 Å². The Morgan fingerprint density at radius 1 is 1.54 bits per heavy atom. The summed E-state index contributed by atoms with van der Waals surface area (Å²) in [5, 5.41) is 8.72. The fourth-order valence-corrected chi connectivity index (χ4v) is 1.71. The summed E-state index contributed by atoms with van der Waals surface area (Å²) in [5.41, 5.74) is -0.0455. The Balaban J connectivity index is 2.36. The quantitative estimate of drug-likeness (QED) is 0.714. The second-order valence-corrected chi connectivity index (χ2v) is 4.28. The number of hydrogen-bond acceptors (Lipinski definition) is 2. The van der Waals surface area contributed by atoms with Gasteiger partial charge in [0, 0.05) is 5.41 Å². The third-order valence-electron chi connectivity index (χ3n) is 2.66. The van der Waals surface area contributed by atoms with Crippen molar-refractivity contribution in [1.82, 2.24) is 0 Å². The molecule has 1 fully saturated rings. The van der Waals surface area contributed by atoms with Crippen LogP contribution in [0.2, 0.25) is 0 Å². The number of rotatable bonds is 5. The van der Waals surface area contributed by atoms with Gasteiger partial charge in [0.15, 0.2) is 0 Å². The fourth-order valence-electron chi connectivity index (χ4n) is 1.71. The van der Waals surface area contributed by atoms with Gasteiger partial charge < -0.3 is 9.84 Å². The first-order valence-corrected chi connectivity index (χ1v) is 4.87. The molecule has 1 rings (SSSR count). The van der Waals surface area contributed by atoms with E-state index < -0.39 is 5.97 Å². The zero-order valence-electron chi connectivity index (χ0n) is 8.38. The predicted molar refractivity (Wildman–Crippen MR) is 49.6 cm³/mol. The van der Waals surface area contributed by atoms with Crippen molar-refractivity contribution in [3.8, 4) is 0 Å². The molecule has 0 spiro atoms.